The SMILES string of the molecule is O=C(NCc1ccco1)[C@H]1C[C@@]12CCN(C(=O)NC1CCCC1)C2. The van der Waals surface area contributed by atoms with Crippen LogP contribution in [0.1, 0.15) is 44.3 Å². The first kappa shape index (κ1) is 15.5. The van der Waals surface area contributed by atoms with Gasteiger partial charge in [-0.15, -0.1) is 0 Å². The van der Waals surface area contributed by atoms with Crippen LogP contribution in [0.3, 0.4) is 0 Å². The van der Waals surface area contributed by atoms with Gasteiger partial charge in [-0.2, -0.15) is 0 Å². The summed E-state index contributed by atoms with van der Waals surface area (Å²) in [6, 6.07) is 4.08. The maximum atomic E-state index is 12.4. The van der Waals surface area contributed by atoms with Crippen molar-refractivity contribution in [3.8, 4) is 0 Å². The van der Waals surface area contributed by atoms with Crippen molar-refractivity contribution in [3.63, 3.8) is 0 Å². The summed E-state index contributed by atoms with van der Waals surface area (Å²) >= 11 is 0. The fraction of sp³-hybridized carbons (Fsp3) is 0.667. The molecule has 2 aliphatic carbocycles. The van der Waals surface area contributed by atoms with Crippen molar-refractivity contribution in [2.24, 2.45) is 11.3 Å². The lowest BCUT2D eigenvalue weighted by Gasteiger charge is -2.20. The summed E-state index contributed by atoms with van der Waals surface area (Å²) in [4.78, 5) is 26.6. The third kappa shape index (κ3) is 3.01. The predicted octanol–water partition coefficient (Wildman–Crippen LogP) is 2.26. The molecule has 1 aliphatic heterocycles. The summed E-state index contributed by atoms with van der Waals surface area (Å²) in [6.07, 6.45) is 8.07. The molecule has 6 nitrogen and oxygen atoms in total. The zero-order chi connectivity index (χ0) is 16.6. The molecule has 1 aromatic rings. The second-order valence-corrected chi connectivity index (χ2v) is 7.52. The molecule has 3 aliphatic rings. The number of carbonyl (C=O) groups excluding carboxylic acids is 2. The molecule has 6 heteroatoms. The van der Waals surface area contributed by atoms with Gasteiger partial charge in [0.15, 0.2) is 0 Å². The average molecular weight is 331 g/mol. The quantitative estimate of drug-likeness (QED) is 0.889. The number of nitrogens with zero attached hydrogens (tertiary/aromatic N) is 1. The monoisotopic (exact) mass is 331 g/mol. The minimum absolute atomic E-state index is 0.0142. The van der Waals surface area contributed by atoms with E-state index in [2.05, 4.69) is 10.6 Å². The molecule has 130 valence electrons. The van der Waals surface area contributed by atoms with Crippen LogP contribution in [0.25, 0.3) is 0 Å². The highest BCUT2D eigenvalue weighted by Crippen LogP contribution is 2.58. The summed E-state index contributed by atoms with van der Waals surface area (Å²) in [5, 5.41) is 6.10. The fourth-order valence-corrected chi connectivity index (χ4v) is 4.29. The molecule has 2 heterocycles. The lowest BCUT2D eigenvalue weighted by molar-refractivity contribution is -0.123. The van der Waals surface area contributed by atoms with E-state index in [-0.39, 0.29) is 23.3 Å². The van der Waals surface area contributed by atoms with Crippen molar-refractivity contribution in [1.29, 1.82) is 0 Å². The zero-order valence-corrected chi connectivity index (χ0v) is 13.9. The Kier molecular flexibility index (Phi) is 3.98. The van der Waals surface area contributed by atoms with E-state index < -0.39 is 0 Å². The van der Waals surface area contributed by atoms with Crippen molar-refractivity contribution in [1.82, 2.24) is 15.5 Å². The number of carbonyl (C=O) groups is 2. The van der Waals surface area contributed by atoms with E-state index >= 15 is 0 Å². The third-order valence-corrected chi connectivity index (χ3v) is 5.88. The van der Waals surface area contributed by atoms with E-state index in [1.807, 2.05) is 17.0 Å². The molecule has 1 spiro atoms. The lowest BCUT2D eigenvalue weighted by atomic mass is 10.0. The van der Waals surface area contributed by atoms with E-state index in [9.17, 15) is 9.59 Å². The van der Waals surface area contributed by atoms with Gasteiger partial charge in [0.1, 0.15) is 5.76 Å². The lowest BCUT2D eigenvalue weighted by Crippen LogP contribution is -2.43. The van der Waals surface area contributed by atoms with Crippen molar-refractivity contribution < 1.29 is 14.0 Å². The van der Waals surface area contributed by atoms with Gasteiger partial charge < -0.3 is 20.0 Å². The molecular formula is C18H25N3O3. The molecule has 2 N–H and O–H groups in total. The number of likely N-dealkylation sites (tertiary alicyclic amines) is 1. The zero-order valence-electron chi connectivity index (χ0n) is 13.9. The van der Waals surface area contributed by atoms with Crippen LogP contribution >= 0.6 is 0 Å². The van der Waals surface area contributed by atoms with Crippen LogP contribution in [0.5, 0.6) is 0 Å². The third-order valence-electron chi connectivity index (χ3n) is 5.88. The average Bonchev–Trinajstić information content (AvgIpc) is 3.07. The van der Waals surface area contributed by atoms with Crippen LogP contribution in [0, 0.1) is 11.3 Å². The minimum atomic E-state index is 0.0142. The first-order valence-electron chi connectivity index (χ1n) is 9.02. The Morgan fingerprint density at radius 2 is 2.17 bits per heavy atom. The summed E-state index contributed by atoms with van der Waals surface area (Å²) in [5.74, 6) is 0.892. The first-order chi connectivity index (χ1) is 11.7. The van der Waals surface area contributed by atoms with Crippen LogP contribution in [-0.4, -0.2) is 36.0 Å². The molecule has 3 fully saturated rings. The number of nitrogens with one attached hydrogen (secondary N) is 2. The summed E-state index contributed by atoms with van der Waals surface area (Å²) in [7, 11) is 0. The molecule has 24 heavy (non-hydrogen) atoms. The van der Waals surface area contributed by atoms with Crippen LogP contribution in [0.15, 0.2) is 22.8 Å². The van der Waals surface area contributed by atoms with Gasteiger partial charge in [0, 0.05) is 30.5 Å². The van der Waals surface area contributed by atoms with Crippen molar-refractivity contribution in [2.75, 3.05) is 13.1 Å². The Labute approximate surface area is 142 Å². The Hall–Kier alpha value is -1.98. The molecule has 4 rings (SSSR count). The van der Waals surface area contributed by atoms with Crippen LogP contribution in [0.2, 0.25) is 0 Å². The van der Waals surface area contributed by atoms with Crippen molar-refractivity contribution in [3.05, 3.63) is 24.2 Å². The standard InChI is InChI=1S/C18H25N3O3/c22-16(19-11-14-6-3-9-24-14)15-10-18(15)7-8-21(12-18)17(23)20-13-4-1-2-5-13/h3,6,9,13,15H,1-2,4-5,7-8,10-12H2,(H,19,22)(H,20,23)/t15-,18-/m1/s1. The molecule has 1 saturated heterocycles. The molecule has 2 atom stereocenters. The number of urea groups is 1. The first-order valence-corrected chi connectivity index (χ1v) is 9.02. The summed E-state index contributed by atoms with van der Waals surface area (Å²) in [6.45, 7) is 1.91. The largest absolute Gasteiger partial charge is 0.467 e. The molecule has 2 saturated carbocycles. The van der Waals surface area contributed by atoms with Gasteiger partial charge in [0.2, 0.25) is 5.91 Å². The maximum absolute atomic E-state index is 12.4. The van der Waals surface area contributed by atoms with Crippen LogP contribution < -0.4 is 10.6 Å². The molecule has 0 aromatic carbocycles. The van der Waals surface area contributed by atoms with E-state index in [0.29, 0.717) is 19.1 Å². The van der Waals surface area contributed by atoms with E-state index in [0.717, 1.165) is 38.0 Å². The molecule has 0 radical (unpaired) electrons. The van der Waals surface area contributed by atoms with Gasteiger partial charge in [0.05, 0.1) is 12.8 Å². The molecular weight excluding hydrogens is 306 g/mol. The van der Waals surface area contributed by atoms with Gasteiger partial charge >= 0.3 is 6.03 Å². The molecule has 3 amide bonds. The van der Waals surface area contributed by atoms with Gasteiger partial charge in [-0.25, -0.2) is 4.79 Å². The maximum Gasteiger partial charge on any atom is 0.317 e. The smallest absolute Gasteiger partial charge is 0.317 e. The van der Waals surface area contributed by atoms with Crippen LogP contribution in [0.4, 0.5) is 4.79 Å². The number of hydrogen-bond donors (Lipinski definition) is 2. The van der Waals surface area contributed by atoms with Gasteiger partial charge in [0.25, 0.3) is 0 Å². The minimum Gasteiger partial charge on any atom is -0.467 e. The second kappa shape index (κ2) is 6.15. The molecule has 0 bridgehead atoms. The van der Waals surface area contributed by atoms with Crippen molar-refractivity contribution in [2.45, 2.75) is 51.1 Å². The Morgan fingerprint density at radius 1 is 1.33 bits per heavy atom. The Bertz CT molecular complexity index is 609. The summed E-state index contributed by atoms with van der Waals surface area (Å²) in [5.41, 5.74) is 0.0142. The van der Waals surface area contributed by atoms with Crippen molar-refractivity contribution >= 4 is 11.9 Å². The van der Waals surface area contributed by atoms with Gasteiger partial charge in [-0.1, -0.05) is 12.8 Å². The van der Waals surface area contributed by atoms with Crippen LogP contribution in [-0.2, 0) is 11.3 Å². The highest BCUT2D eigenvalue weighted by molar-refractivity contribution is 5.83. The van der Waals surface area contributed by atoms with Gasteiger partial charge in [-0.05, 0) is 37.8 Å². The predicted molar refractivity (Wildman–Crippen MR) is 88.1 cm³/mol. The van der Waals surface area contributed by atoms with E-state index in [1.54, 1.807) is 6.26 Å². The second-order valence-electron chi connectivity index (χ2n) is 7.52. The Balaban J connectivity index is 1.25. The summed E-state index contributed by atoms with van der Waals surface area (Å²) < 4.78 is 5.24. The number of furan rings is 1. The molecule has 0 unspecified atom stereocenters. The highest BCUT2D eigenvalue weighted by Gasteiger charge is 2.61. The van der Waals surface area contributed by atoms with Gasteiger partial charge in [-0.3, -0.25) is 4.79 Å². The number of amides is 3. The fourth-order valence-electron chi connectivity index (χ4n) is 4.29. The topological polar surface area (TPSA) is 74.6 Å². The van der Waals surface area contributed by atoms with E-state index in [1.165, 1.54) is 12.8 Å². The Morgan fingerprint density at radius 3 is 2.92 bits per heavy atom. The number of hydrogen-bond acceptors (Lipinski definition) is 3. The highest BCUT2D eigenvalue weighted by atomic mass is 16.3. The number of rotatable bonds is 4. The normalized spacial score (nSPS) is 29.2. The van der Waals surface area contributed by atoms with E-state index in [4.69, 9.17) is 4.42 Å². The molecule has 1 aromatic heterocycles.